The number of hydrogen-bond donors (Lipinski definition) is 0. The molecule has 1 aliphatic rings. The van der Waals surface area contributed by atoms with E-state index in [1.165, 1.54) is 25.1 Å². The number of aryl methyl sites for hydroxylation is 1. The predicted octanol–water partition coefficient (Wildman–Crippen LogP) is 5.40. The largest absolute Gasteiger partial charge is 0.486 e. The van der Waals surface area contributed by atoms with Crippen molar-refractivity contribution in [1.29, 1.82) is 0 Å². The number of benzene rings is 1. The van der Waals surface area contributed by atoms with Crippen LogP contribution in [0.4, 0.5) is 32.0 Å². The third-order valence-corrected chi connectivity index (χ3v) is 8.92. The third kappa shape index (κ3) is 8.05. The summed E-state index contributed by atoms with van der Waals surface area (Å²) in [4.78, 5) is 27.9. The van der Waals surface area contributed by atoms with Crippen LogP contribution in [0.25, 0.3) is 0 Å². The number of nitrogens with zero attached hydrogens (tertiary/aromatic N) is 2. The first-order chi connectivity index (χ1) is 19.2. The molecule has 0 unspecified atom stereocenters. The summed E-state index contributed by atoms with van der Waals surface area (Å²) < 4.78 is 122. The first-order valence-electron chi connectivity index (χ1n) is 12.5. The molecule has 0 saturated carbocycles. The molecule has 0 fully saturated rings. The van der Waals surface area contributed by atoms with Gasteiger partial charge in [0.05, 0.1) is 23.7 Å². The molecule has 3 rings (SSSR count). The minimum atomic E-state index is -4.84. The number of rotatable bonds is 11. The van der Waals surface area contributed by atoms with Crippen molar-refractivity contribution in [3.05, 3.63) is 28.8 Å². The molecule has 0 radical (unpaired) electrons. The molecule has 0 spiro atoms. The van der Waals surface area contributed by atoms with E-state index in [9.17, 15) is 44.3 Å². The highest BCUT2D eigenvalue weighted by Gasteiger charge is 2.50. The Kier molecular flexibility index (Phi) is 9.76. The van der Waals surface area contributed by atoms with Crippen molar-refractivity contribution >= 4 is 38.8 Å². The van der Waals surface area contributed by atoms with Crippen molar-refractivity contribution < 1.29 is 58.6 Å². The van der Waals surface area contributed by atoms with Gasteiger partial charge in [-0.2, -0.15) is 34.8 Å². The highest BCUT2D eigenvalue weighted by Crippen LogP contribution is 2.42. The van der Waals surface area contributed by atoms with Gasteiger partial charge in [-0.05, 0) is 51.3 Å². The zero-order chi connectivity index (χ0) is 31.7. The summed E-state index contributed by atoms with van der Waals surface area (Å²) >= 11 is 0.638. The van der Waals surface area contributed by atoms with E-state index in [0.29, 0.717) is 25.2 Å². The molecule has 0 aliphatic carbocycles. The number of esters is 1. The number of alkyl halides is 6. The van der Waals surface area contributed by atoms with E-state index in [2.05, 4.69) is 9.72 Å². The standard InChI is InChI=1S/C25H28F6N2O7S2/c1-5-19-32-21(22(41-19)38-13-24(26,27)28)42(36,37)33-12-16(8-6-14(2)34)39-18-9-7-15(10-17(18)33)11-20(35)40-23(3,4)25(29,30)31/h7,9-10,16H,5-6,8,11-13H2,1-4H3/t16-/m0/s1. The second kappa shape index (κ2) is 12.3. The second-order valence-electron chi connectivity index (χ2n) is 9.94. The highest BCUT2D eigenvalue weighted by molar-refractivity contribution is 7.93. The molecule has 42 heavy (non-hydrogen) atoms. The van der Waals surface area contributed by atoms with Crippen LogP contribution < -0.4 is 13.8 Å². The van der Waals surface area contributed by atoms with Crippen molar-refractivity contribution in [1.82, 2.24) is 4.98 Å². The molecule has 1 aliphatic heterocycles. The van der Waals surface area contributed by atoms with Gasteiger partial charge in [0.25, 0.3) is 10.0 Å². The van der Waals surface area contributed by atoms with Gasteiger partial charge in [0.2, 0.25) is 15.7 Å². The van der Waals surface area contributed by atoms with E-state index < -0.39 is 63.2 Å². The van der Waals surface area contributed by atoms with Crippen LogP contribution in [-0.2, 0) is 37.2 Å². The van der Waals surface area contributed by atoms with Crippen LogP contribution in [0.3, 0.4) is 0 Å². The molecule has 0 bridgehead atoms. The van der Waals surface area contributed by atoms with Gasteiger partial charge in [0, 0.05) is 6.42 Å². The Morgan fingerprint density at radius 2 is 1.83 bits per heavy atom. The molecule has 2 aromatic rings. The fourth-order valence-electron chi connectivity index (χ4n) is 3.74. The van der Waals surface area contributed by atoms with Crippen LogP contribution in [0, 0.1) is 0 Å². The molecule has 17 heteroatoms. The normalized spacial score (nSPS) is 16.0. The summed E-state index contributed by atoms with van der Waals surface area (Å²) in [7, 11) is -4.72. The van der Waals surface area contributed by atoms with Crippen LogP contribution in [0.1, 0.15) is 51.1 Å². The summed E-state index contributed by atoms with van der Waals surface area (Å²) in [5.41, 5.74) is -2.85. The van der Waals surface area contributed by atoms with Gasteiger partial charge in [0.15, 0.2) is 6.61 Å². The Hall–Kier alpha value is -3.08. The van der Waals surface area contributed by atoms with Crippen LogP contribution in [0.2, 0.25) is 0 Å². The molecule has 0 saturated heterocycles. The van der Waals surface area contributed by atoms with E-state index in [4.69, 9.17) is 9.47 Å². The quantitative estimate of drug-likeness (QED) is 0.236. The van der Waals surface area contributed by atoms with Gasteiger partial charge in [-0.3, -0.25) is 9.10 Å². The average molecular weight is 647 g/mol. The van der Waals surface area contributed by atoms with Crippen molar-refractivity contribution in [3.8, 4) is 10.8 Å². The number of Topliss-reactive ketones (excluding diaryl/α,β-unsaturated/α-hetero) is 1. The van der Waals surface area contributed by atoms with Crippen LogP contribution >= 0.6 is 11.3 Å². The van der Waals surface area contributed by atoms with Gasteiger partial charge in [0.1, 0.15) is 17.6 Å². The molecule has 9 nitrogen and oxygen atoms in total. The molecule has 1 aromatic heterocycles. The number of aromatic nitrogens is 1. The monoisotopic (exact) mass is 646 g/mol. The van der Waals surface area contributed by atoms with Crippen molar-refractivity contribution in [2.75, 3.05) is 17.5 Å². The topological polar surface area (TPSA) is 112 Å². The van der Waals surface area contributed by atoms with Gasteiger partial charge >= 0.3 is 18.3 Å². The van der Waals surface area contributed by atoms with E-state index in [1.54, 1.807) is 6.92 Å². The fraction of sp³-hybridized carbons (Fsp3) is 0.560. The van der Waals surface area contributed by atoms with Gasteiger partial charge < -0.3 is 19.0 Å². The highest BCUT2D eigenvalue weighted by atomic mass is 32.2. The van der Waals surface area contributed by atoms with Crippen LogP contribution in [-0.4, -0.2) is 62.4 Å². The first-order valence-corrected chi connectivity index (χ1v) is 14.8. The van der Waals surface area contributed by atoms with Crippen LogP contribution in [0.15, 0.2) is 23.2 Å². The summed E-state index contributed by atoms with van der Waals surface area (Å²) in [5, 5.41) is -1.15. The first kappa shape index (κ1) is 33.4. The van der Waals surface area contributed by atoms with Crippen molar-refractivity contribution in [3.63, 3.8) is 0 Å². The lowest BCUT2D eigenvalue weighted by molar-refractivity contribution is -0.257. The summed E-state index contributed by atoms with van der Waals surface area (Å²) in [6.07, 6.45) is -10.8. The number of carbonyl (C=O) groups excluding carboxylic acids is 2. The number of fused-ring (bicyclic) bond motifs is 1. The number of halogens is 6. The smallest absolute Gasteiger partial charge is 0.427 e. The molecule has 1 atom stereocenters. The molecular weight excluding hydrogens is 618 g/mol. The Morgan fingerprint density at radius 1 is 1.17 bits per heavy atom. The maximum absolute atomic E-state index is 13.9. The molecule has 234 valence electrons. The van der Waals surface area contributed by atoms with Crippen molar-refractivity contribution in [2.45, 2.75) is 82.5 Å². The third-order valence-electron chi connectivity index (χ3n) is 5.99. The Labute approximate surface area is 241 Å². The van der Waals surface area contributed by atoms with Crippen molar-refractivity contribution in [2.24, 2.45) is 0 Å². The summed E-state index contributed by atoms with van der Waals surface area (Å²) in [6.45, 7) is 2.17. The summed E-state index contributed by atoms with van der Waals surface area (Å²) in [5.74, 6) is -1.43. The minimum Gasteiger partial charge on any atom is -0.486 e. The van der Waals surface area contributed by atoms with Crippen LogP contribution in [0.5, 0.6) is 10.8 Å². The average Bonchev–Trinajstić information content (AvgIpc) is 3.29. The van der Waals surface area contributed by atoms with E-state index in [1.807, 2.05) is 0 Å². The summed E-state index contributed by atoms with van der Waals surface area (Å²) in [6, 6.07) is 3.82. The number of sulfonamides is 1. The zero-order valence-electron chi connectivity index (χ0n) is 22.9. The molecule has 0 N–H and O–H groups in total. The Bertz CT molecular complexity index is 1420. The maximum Gasteiger partial charge on any atom is 0.427 e. The van der Waals surface area contributed by atoms with E-state index in [-0.39, 0.29) is 53.6 Å². The number of anilines is 1. The van der Waals surface area contributed by atoms with Gasteiger partial charge in [-0.25, -0.2) is 4.98 Å². The number of ketones is 1. The number of thiazole rings is 1. The zero-order valence-corrected chi connectivity index (χ0v) is 24.5. The van der Waals surface area contributed by atoms with Gasteiger partial charge in [-0.15, -0.1) is 0 Å². The lowest BCUT2D eigenvalue weighted by atomic mass is 10.1. The van der Waals surface area contributed by atoms with E-state index in [0.717, 1.165) is 4.31 Å². The lowest BCUT2D eigenvalue weighted by Gasteiger charge is -2.35. The number of carbonyl (C=O) groups is 2. The number of ether oxygens (including phenoxy) is 3. The number of hydrogen-bond acceptors (Lipinski definition) is 9. The molecule has 1 aromatic carbocycles. The Balaban J connectivity index is 2.03. The van der Waals surface area contributed by atoms with E-state index >= 15 is 0 Å². The molecule has 2 heterocycles. The molecular formula is C25H28F6N2O7S2. The predicted molar refractivity (Wildman–Crippen MR) is 138 cm³/mol. The fourth-order valence-corrected chi connectivity index (χ4v) is 6.46. The molecule has 0 amide bonds. The minimum absolute atomic E-state index is 0.00480. The Morgan fingerprint density at radius 3 is 2.40 bits per heavy atom. The maximum atomic E-state index is 13.9. The van der Waals surface area contributed by atoms with Gasteiger partial charge in [-0.1, -0.05) is 24.3 Å². The second-order valence-corrected chi connectivity index (χ2v) is 12.8. The SMILES string of the molecule is CCc1nc(S(=O)(=O)N2C[C@H](CCC(C)=O)Oc3ccc(CC(=O)OC(C)(C)C(F)(F)F)cc32)c(OCC(F)(F)F)s1. The lowest BCUT2D eigenvalue weighted by Crippen LogP contribution is -2.44.